The molecule has 1 aliphatic heterocycles. The molecule has 1 aliphatic rings. The SMILES string of the molecule is COc1ccccc1NC(=O)C1=C(C)Nc2nc(CCCO)nn2[C@@H]1c1ccccc1[N+](=O)[O-]. The Bertz CT molecular complexity index is 1270. The first-order valence-electron chi connectivity index (χ1n) is 10.7. The molecule has 1 atom stereocenters. The molecule has 2 heterocycles. The van der Waals surface area contributed by atoms with Crippen LogP contribution in [-0.4, -0.2) is 44.4 Å². The number of nitro groups is 1. The fraction of sp³-hybridized carbons (Fsp3) is 0.261. The summed E-state index contributed by atoms with van der Waals surface area (Å²) < 4.78 is 6.82. The largest absolute Gasteiger partial charge is 0.495 e. The van der Waals surface area contributed by atoms with Crippen molar-refractivity contribution < 1.29 is 19.6 Å². The highest BCUT2D eigenvalue weighted by Gasteiger charge is 2.37. The van der Waals surface area contributed by atoms with Crippen molar-refractivity contribution in [2.45, 2.75) is 25.8 Å². The fourth-order valence-corrected chi connectivity index (χ4v) is 3.94. The summed E-state index contributed by atoms with van der Waals surface area (Å²) in [6.07, 6.45) is 0.886. The molecule has 0 radical (unpaired) electrons. The van der Waals surface area contributed by atoms with Crippen LogP contribution in [0.1, 0.15) is 30.8 Å². The number of carbonyl (C=O) groups excluding carboxylic acids is 1. The van der Waals surface area contributed by atoms with Gasteiger partial charge in [0.2, 0.25) is 5.95 Å². The maximum Gasteiger partial charge on any atom is 0.275 e. The van der Waals surface area contributed by atoms with Crippen LogP contribution < -0.4 is 15.4 Å². The van der Waals surface area contributed by atoms with Gasteiger partial charge in [0.1, 0.15) is 11.8 Å². The number of nitro benzene ring substituents is 1. The number of methoxy groups -OCH3 is 1. The molecule has 1 aromatic heterocycles. The number of benzene rings is 2. The summed E-state index contributed by atoms with van der Waals surface area (Å²) in [5.74, 6) is 0.838. The molecule has 3 aromatic rings. The van der Waals surface area contributed by atoms with E-state index in [0.717, 1.165) is 0 Å². The summed E-state index contributed by atoms with van der Waals surface area (Å²) in [5.41, 5.74) is 1.38. The predicted molar refractivity (Wildman–Crippen MR) is 125 cm³/mol. The zero-order valence-electron chi connectivity index (χ0n) is 18.7. The first-order chi connectivity index (χ1) is 16.4. The van der Waals surface area contributed by atoms with E-state index in [1.807, 2.05) is 0 Å². The molecule has 11 heteroatoms. The number of nitrogens with zero attached hydrogens (tertiary/aromatic N) is 4. The normalized spacial score (nSPS) is 14.9. The van der Waals surface area contributed by atoms with Crippen LogP contribution in [-0.2, 0) is 11.2 Å². The maximum absolute atomic E-state index is 13.6. The van der Waals surface area contributed by atoms with E-state index in [0.29, 0.717) is 47.3 Å². The van der Waals surface area contributed by atoms with E-state index >= 15 is 0 Å². The summed E-state index contributed by atoms with van der Waals surface area (Å²) in [7, 11) is 1.50. The highest BCUT2D eigenvalue weighted by Crippen LogP contribution is 2.39. The van der Waals surface area contributed by atoms with E-state index in [9.17, 15) is 20.0 Å². The average molecular weight is 464 g/mol. The van der Waals surface area contributed by atoms with E-state index in [1.165, 1.54) is 17.9 Å². The Morgan fingerprint density at radius 2 is 2.00 bits per heavy atom. The van der Waals surface area contributed by atoms with Crippen LogP contribution in [0.2, 0.25) is 0 Å². The third kappa shape index (κ3) is 4.33. The highest BCUT2D eigenvalue weighted by molar-refractivity contribution is 6.06. The monoisotopic (exact) mass is 464 g/mol. The minimum absolute atomic E-state index is 0.0191. The molecule has 0 fully saturated rings. The van der Waals surface area contributed by atoms with Crippen molar-refractivity contribution in [3.8, 4) is 5.75 Å². The maximum atomic E-state index is 13.6. The molecule has 2 aromatic carbocycles. The van der Waals surface area contributed by atoms with Gasteiger partial charge >= 0.3 is 0 Å². The molecule has 3 N–H and O–H groups in total. The van der Waals surface area contributed by atoms with Crippen molar-refractivity contribution in [2.75, 3.05) is 24.4 Å². The Kier molecular flexibility index (Phi) is 6.55. The number of anilines is 2. The fourth-order valence-electron chi connectivity index (χ4n) is 3.94. The summed E-state index contributed by atoms with van der Waals surface area (Å²) in [6.45, 7) is 1.69. The summed E-state index contributed by atoms with van der Waals surface area (Å²) in [5, 5.41) is 31.5. The van der Waals surface area contributed by atoms with Gasteiger partial charge in [0.15, 0.2) is 5.82 Å². The summed E-state index contributed by atoms with van der Waals surface area (Å²) >= 11 is 0. The second-order valence-electron chi connectivity index (χ2n) is 7.66. The molecule has 1 amide bonds. The Morgan fingerprint density at radius 1 is 1.26 bits per heavy atom. The van der Waals surface area contributed by atoms with E-state index in [1.54, 1.807) is 49.4 Å². The molecule has 34 heavy (non-hydrogen) atoms. The number of amides is 1. The smallest absolute Gasteiger partial charge is 0.275 e. The van der Waals surface area contributed by atoms with Crippen molar-refractivity contribution >= 4 is 23.2 Å². The molecule has 0 spiro atoms. The van der Waals surface area contributed by atoms with Crippen LogP contribution in [0.5, 0.6) is 5.75 Å². The lowest BCUT2D eigenvalue weighted by molar-refractivity contribution is -0.385. The van der Waals surface area contributed by atoms with E-state index in [-0.39, 0.29) is 17.9 Å². The average Bonchev–Trinajstić information content (AvgIpc) is 3.24. The standard InChI is InChI=1S/C23H24N6O5/c1-14-20(22(31)25-16-9-4-6-11-18(16)34-2)21(15-8-3-5-10-17(15)29(32)33)28-23(24-14)26-19(27-28)12-7-13-30/h3-6,8-11,21,30H,7,12-13H2,1-2H3,(H,25,31)(H,24,26,27)/t21-/m1/s1. The Labute approximate surface area is 195 Å². The zero-order valence-corrected chi connectivity index (χ0v) is 18.7. The topological polar surface area (TPSA) is 144 Å². The molecule has 0 saturated heterocycles. The minimum Gasteiger partial charge on any atom is -0.495 e. The van der Waals surface area contributed by atoms with Crippen LogP contribution in [0.25, 0.3) is 0 Å². The second-order valence-corrected chi connectivity index (χ2v) is 7.66. The van der Waals surface area contributed by atoms with Crippen molar-refractivity contribution in [2.24, 2.45) is 0 Å². The van der Waals surface area contributed by atoms with Crippen LogP contribution in [0.15, 0.2) is 59.8 Å². The molecular formula is C23H24N6O5. The van der Waals surface area contributed by atoms with Crippen molar-refractivity contribution in [3.05, 3.63) is 81.3 Å². The number of aliphatic hydroxyl groups excluding tert-OH is 1. The van der Waals surface area contributed by atoms with E-state index in [2.05, 4.69) is 20.7 Å². The number of hydrogen-bond donors (Lipinski definition) is 3. The van der Waals surface area contributed by atoms with Gasteiger partial charge in [-0.1, -0.05) is 24.3 Å². The van der Waals surface area contributed by atoms with Gasteiger partial charge in [0, 0.05) is 24.8 Å². The van der Waals surface area contributed by atoms with Gasteiger partial charge in [-0.2, -0.15) is 10.1 Å². The second kappa shape index (κ2) is 9.71. The molecule has 0 saturated carbocycles. The van der Waals surface area contributed by atoms with Gasteiger partial charge in [0.05, 0.1) is 28.9 Å². The van der Waals surface area contributed by atoms with Gasteiger partial charge in [0.25, 0.3) is 11.6 Å². The van der Waals surface area contributed by atoms with Gasteiger partial charge in [-0.05, 0) is 31.5 Å². The molecule has 0 aliphatic carbocycles. The molecular weight excluding hydrogens is 440 g/mol. The van der Waals surface area contributed by atoms with Gasteiger partial charge in [-0.25, -0.2) is 4.68 Å². The predicted octanol–water partition coefficient (Wildman–Crippen LogP) is 3.05. The summed E-state index contributed by atoms with van der Waals surface area (Å²) in [4.78, 5) is 29.4. The first-order valence-corrected chi connectivity index (χ1v) is 10.7. The molecule has 176 valence electrons. The number of allylic oxidation sites excluding steroid dienone is 1. The molecule has 0 unspecified atom stereocenters. The van der Waals surface area contributed by atoms with Crippen molar-refractivity contribution in [1.29, 1.82) is 0 Å². The van der Waals surface area contributed by atoms with Crippen LogP contribution in [0.3, 0.4) is 0 Å². The Morgan fingerprint density at radius 3 is 2.74 bits per heavy atom. The number of rotatable bonds is 8. The lowest BCUT2D eigenvalue weighted by Gasteiger charge is -2.28. The third-order valence-corrected chi connectivity index (χ3v) is 5.48. The van der Waals surface area contributed by atoms with Crippen molar-refractivity contribution in [1.82, 2.24) is 14.8 Å². The highest BCUT2D eigenvalue weighted by atomic mass is 16.6. The quantitative estimate of drug-likeness (QED) is 0.341. The van der Waals surface area contributed by atoms with Crippen LogP contribution in [0, 0.1) is 10.1 Å². The number of aliphatic hydroxyl groups is 1. The molecule has 4 rings (SSSR count). The van der Waals surface area contributed by atoms with Crippen LogP contribution in [0.4, 0.5) is 17.3 Å². The van der Waals surface area contributed by atoms with E-state index < -0.39 is 16.9 Å². The lowest BCUT2D eigenvalue weighted by atomic mass is 9.93. The number of para-hydroxylation sites is 3. The number of fused-ring (bicyclic) bond motifs is 1. The molecule has 0 bridgehead atoms. The number of aryl methyl sites for hydroxylation is 1. The van der Waals surface area contributed by atoms with Crippen molar-refractivity contribution in [3.63, 3.8) is 0 Å². The number of ether oxygens (including phenoxy) is 1. The van der Waals surface area contributed by atoms with Crippen LogP contribution >= 0.6 is 0 Å². The number of nitrogens with one attached hydrogen (secondary N) is 2. The third-order valence-electron chi connectivity index (χ3n) is 5.48. The van der Waals surface area contributed by atoms with Gasteiger partial charge in [-0.3, -0.25) is 14.9 Å². The Balaban J connectivity index is 1.83. The lowest BCUT2D eigenvalue weighted by Crippen LogP contribution is -2.32. The van der Waals surface area contributed by atoms with Gasteiger partial charge < -0.3 is 20.5 Å². The Hall–Kier alpha value is -4.25. The first kappa shape index (κ1) is 22.9. The van der Waals surface area contributed by atoms with E-state index in [4.69, 9.17) is 4.74 Å². The zero-order chi connectivity index (χ0) is 24.2. The number of carbonyl (C=O) groups is 1. The number of aromatic nitrogens is 3. The molecule has 11 nitrogen and oxygen atoms in total. The summed E-state index contributed by atoms with van der Waals surface area (Å²) in [6, 6.07) is 12.3. The van der Waals surface area contributed by atoms with Gasteiger partial charge in [-0.15, -0.1) is 0 Å². The minimum atomic E-state index is -0.900. The number of hydrogen-bond acceptors (Lipinski definition) is 8.